The van der Waals surface area contributed by atoms with Crippen molar-refractivity contribution < 1.29 is 5.11 Å². The maximum absolute atomic E-state index is 11.1. The predicted molar refractivity (Wildman–Crippen MR) is 75.5 cm³/mol. The number of benzene rings is 1. The Labute approximate surface area is 111 Å². The highest BCUT2D eigenvalue weighted by atomic mass is 16.3. The second kappa shape index (κ2) is 5.85. The minimum absolute atomic E-state index is 0.399. The molecule has 0 saturated heterocycles. The topological polar surface area (TPSA) is 23.5 Å². The Morgan fingerprint density at radius 1 is 1.22 bits per heavy atom. The zero-order valence-electron chi connectivity index (χ0n) is 11.6. The highest BCUT2D eigenvalue weighted by molar-refractivity contribution is 5.23. The second-order valence-corrected chi connectivity index (χ2v) is 5.82. The molecule has 0 radical (unpaired) electrons. The molecular weight excluding hydrogens is 222 g/mol. The summed E-state index contributed by atoms with van der Waals surface area (Å²) in [5.74, 6) is 0.399. The minimum Gasteiger partial charge on any atom is -0.385 e. The highest BCUT2D eigenvalue weighted by Gasteiger charge is 2.39. The normalized spacial score (nSPS) is 28.6. The standard InChI is InChI=1S/C16H25NO/c1-17(2)13-11-15-10-6-7-12-16(15,18)14-8-4-3-5-9-14/h3-5,8-9,15,18H,6-7,10-13H2,1-2H3. The van der Waals surface area contributed by atoms with Crippen LogP contribution in [0.15, 0.2) is 30.3 Å². The fraction of sp³-hybridized carbons (Fsp3) is 0.625. The lowest BCUT2D eigenvalue weighted by atomic mass is 9.70. The third-order valence-corrected chi connectivity index (χ3v) is 4.23. The Morgan fingerprint density at radius 2 is 1.94 bits per heavy atom. The van der Waals surface area contributed by atoms with Crippen molar-refractivity contribution in [1.82, 2.24) is 4.90 Å². The van der Waals surface area contributed by atoms with Crippen LogP contribution in [0.25, 0.3) is 0 Å². The summed E-state index contributed by atoms with van der Waals surface area (Å²) in [5.41, 5.74) is 0.503. The van der Waals surface area contributed by atoms with Gasteiger partial charge in [0.05, 0.1) is 5.60 Å². The molecule has 1 N–H and O–H groups in total. The van der Waals surface area contributed by atoms with Gasteiger partial charge in [-0.25, -0.2) is 0 Å². The molecule has 1 aromatic rings. The van der Waals surface area contributed by atoms with Crippen LogP contribution in [0, 0.1) is 5.92 Å². The monoisotopic (exact) mass is 247 g/mol. The molecule has 0 amide bonds. The van der Waals surface area contributed by atoms with Crippen LogP contribution < -0.4 is 0 Å². The Hall–Kier alpha value is -0.860. The molecule has 0 bridgehead atoms. The molecule has 2 atom stereocenters. The van der Waals surface area contributed by atoms with E-state index in [-0.39, 0.29) is 0 Å². The van der Waals surface area contributed by atoms with E-state index in [0.29, 0.717) is 5.92 Å². The van der Waals surface area contributed by atoms with E-state index in [0.717, 1.165) is 37.8 Å². The van der Waals surface area contributed by atoms with Crippen molar-refractivity contribution in [2.24, 2.45) is 5.92 Å². The summed E-state index contributed by atoms with van der Waals surface area (Å²) in [5, 5.41) is 11.1. The van der Waals surface area contributed by atoms with E-state index in [1.165, 1.54) is 6.42 Å². The van der Waals surface area contributed by atoms with Gasteiger partial charge in [-0.1, -0.05) is 43.2 Å². The molecule has 1 aliphatic carbocycles. The zero-order valence-corrected chi connectivity index (χ0v) is 11.6. The van der Waals surface area contributed by atoms with Gasteiger partial charge in [-0.05, 0) is 51.4 Å². The average Bonchev–Trinajstić information content (AvgIpc) is 2.39. The molecule has 2 rings (SSSR count). The molecule has 18 heavy (non-hydrogen) atoms. The molecule has 1 saturated carbocycles. The summed E-state index contributed by atoms with van der Waals surface area (Å²) in [6, 6.07) is 10.2. The van der Waals surface area contributed by atoms with Gasteiger partial charge in [-0.2, -0.15) is 0 Å². The molecule has 1 aliphatic rings. The maximum Gasteiger partial charge on any atom is 0.0925 e. The minimum atomic E-state index is -0.602. The molecule has 1 fully saturated rings. The first kappa shape index (κ1) is 13.6. The van der Waals surface area contributed by atoms with Gasteiger partial charge >= 0.3 is 0 Å². The Balaban J connectivity index is 2.15. The van der Waals surface area contributed by atoms with E-state index in [1.807, 2.05) is 18.2 Å². The summed E-state index contributed by atoms with van der Waals surface area (Å²) in [6.07, 6.45) is 5.55. The third-order valence-electron chi connectivity index (χ3n) is 4.23. The van der Waals surface area contributed by atoms with Crippen molar-refractivity contribution in [1.29, 1.82) is 0 Å². The predicted octanol–water partition coefficient (Wildman–Crippen LogP) is 3.02. The van der Waals surface area contributed by atoms with E-state index in [9.17, 15) is 5.11 Å². The number of aliphatic hydroxyl groups is 1. The first-order valence-corrected chi connectivity index (χ1v) is 7.05. The average molecular weight is 247 g/mol. The summed E-state index contributed by atoms with van der Waals surface area (Å²) < 4.78 is 0. The molecule has 2 unspecified atom stereocenters. The molecular formula is C16H25NO. The van der Waals surface area contributed by atoms with Crippen molar-refractivity contribution in [3.05, 3.63) is 35.9 Å². The molecule has 1 aromatic carbocycles. The van der Waals surface area contributed by atoms with Gasteiger partial charge in [0.2, 0.25) is 0 Å². The van der Waals surface area contributed by atoms with Gasteiger partial charge in [-0.3, -0.25) is 0 Å². The maximum atomic E-state index is 11.1. The lowest BCUT2D eigenvalue weighted by Crippen LogP contribution is -2.39. The van der Waals surface area contributed by atoms with Crippen molar-refractivity contribution in [2.75, 3.05) is 20.6 Å². The summed E-state index contributed by atoms with van der Waals surface area (Å²) in [6.45, 7) is 1.06. The smallest absolute Gasteiger partial charge is 0.0925 e. The van der Waals surface area contributed by atoms with Gasteiger partial charge in [0.15, 0.2) is 0 Å². The van der Waals surface area contributed by atoms with Crippen molar-refractivity contribution in [3.8, 4) is 0 Å². The largest absolute Gasteiger partial charge is 0.385 e. The number of nitrogens with zero attached hydrogens (tertiary/aromatic N) is 1. The first-order valence-electron chi connectivity index (χ1n) is 7.05. The van der Waals surface area contributed by atoms with Crippen LogP contribution in [0.4, 0.5) is 0 Å². The lowest BCUT2D eigenvalue weighted by Gasteiger charge is -2.41. The Kier molecular flexibility index (Phi) is 4.41. The molecule has 0 spiro atoms. The van der Waals surface area contributed by atoms with Crippen LogP contribution in [-0.4, -0.2) is 30.6 Å². The quantitative estimate of drug-likeness (QED) is 0.884. The van der Waals surface area contributed by atoms with E-state index in [1.54, 1.807) is 0 Å². The van der Waals surface area contributed by atoms with Crippen molar-refractivity contribution >= 4 is 0 Å². The van der Waals surface area contributed by atoms with Crippen LogP contribution in [0.3, 0.4) is 0 Å². The van der Waals surface area contributed by atoms with Crippen molar-refractivity contribution in [2.45, 2.75) is 37.7 Å². The Bertz CT molecular complexity index is 363. The summed E-state index contributed by atoms with van der Waals surface area (Å²) in [7, 11) is 4.20. The molecule has 0 aliphatic heterocycles. The van der Waals surface area contributed by atoms with Gasteiger partial charge in [0.25, 0.3) is 0 Å². The number of hydrogen-bond acceptors (Lipinski definition) is 2. The van der Waals surface area contributed by atoms with Crippen LogP contribution in [0.2, 0.25) is 0 Å². The van der Waals surface area contributed by atoms with Gasteiger partial charge in [0.1, 0.15) is 0 Å². The first-order chi connectivity index (χ1) is 8.63. The molecule has 2 nitrogen and oxygen atoms in total. The van der Waals surface area contributed by atoms with Crippen molar-refractivity contribution in [3.63, 3.8) is 0 Å². The van der Waals surface area contributed by atoms with E-state index in [2.05, 4.69) is 31.1 Å². The molecule has 2 heteroatoms. The SMILES string of the molecule is CN(C)CCC1CCCCC1(O)c1ccccc1. The number of hydrogen-bond donors (Lipinski definition) is 1. The van der Waals surface area contributed by atoms with Crippen LogP contribution in [0.5, 0.6) is 0 Å². The lowest BCUT2D eigenvalue weighted by molar-refractivity contribution is -0.0591. The van der Waals surface area contributed by atoms with Gasteiger partial charge in [-0.15, -0.1) is 0 Å². The molecule has 0 heterocycles. The zero-order chi connectivity index (χ0) is 13.0. The molecule has 100 valence electrons. The second-order valence-electron chi connectivity index (χ2n) is 5.82. The van der Waals surface area contributed by atoms with E-state index >= 15 is 0 Å². The third kappa shape index (κ3) is 2.93. The van der Waals surface area contributed by atoms with Crippen LogP contribution in [-0.2, 0) is 5.60 Å². The summed E-state index contributed by atoms with van der Waals surface area (Å²) >= 11 is 0. The van der Waals surface area contributed by atoms with Gasteiger partial charge < -0.3 is 10.0 Å². The van der Waals surface area contributed by atoms with Crippen LogP contribution in [0.1, 0.15) is 37.7 Å². The number of rotatable bonds is 4. The van der Waals surface area contributed by atoms with Crippen LogP contribution >= 0.6 is 0 Å². The fourth-order valence-corrected chi connectivity index (χ4v) is 3.13. The van der Waals surface area contributed by atoms with E-state index in [4.69, 9.17) is 0 Å². The van der Waals surface area contributed by atoms with E-state index < -0.39 is 5.60 Å². The Morgan fingerprint density at radius 3 is 2.61 bits per heavy atom. The van der Waals surface area contributed by atoms with Gasteiger partial charge in [0, 0.05) is 0 Å². The highest BCUT2D eigenvalue weighted by Crippen LogP contribution is 2.43. The molecule has 0 aromatic heterocycles. The summed E-state index contributed by atoms with van der Waals surface area (Å²) in [4.78, 5) is 2.21. The fourth-order valence-electron chi connectivity index (χ4n) is 3.13.